The third-order valence-electron chi connectivity index (χ3n) is 17.7. The van der Waals surface area contributed by atoms with Crippen molar-refractivity contribution in [3.8, 4) is 0 Å². The van der Waals surface area contributed by atoms with Gasteiger partial charge < -0.3 is 33.8 Å². The number of phosphoric ester groups is 2. The normalized spacial score (nSPS) is 14.0. The van der Waals surface area contributed by atoms with E-state index in [-0.39, 0.29) is 25.7 Å². The zero-order valence-electron chi connectivity index (χ0n) is 62.0. The summed E-state index contributed by atoms with van der Waals surface area (Å²) in [5, 5.41) is 10.6. The molecule has 0 heterocycles. The van der Waals surface area contributed by atoms with Crippen LogP contribution in [0.1, 0.15) is 395 Å². The average Bonchev–Trinajstić information content (AvgIpc) is 1.54. The summed E-state index contributed by atoms with van der Waals surface area (Å²) in [5.41, 5.74) is 0. The van der Waals surface area contributed by atoms with Crippen LogP contribution in [0.3, 0.4) is 0 Å². The number of hydrogen-bond acceptors (Lipinski definition) is 15. The van der Waals surface area contributed by atoms with Gasteiger partial charge in [-0.15, -0.1) is 0 Å². The molecule has 0 aliphatic heterocycles. The molecule has 0 aromatic heterocycles. The summed E-state index contributed by atoms with van der Waals surface area (Å²) in [7, 11) is -9.91. The molecule has 0 amide bonds. The lowest BCUT2D eigenvalue weighted by Crippen LogP contribution is -2.30. The minimum atomic E-state index is -4.96. The van der Waals surface area contributed by atoms with Gasteiger partial charge in [0.15, 0.2) is 12.2 Å². The van der Waals surface area contributed by atoms with Gasteiger partial charge in [0.1, 0.15) is 19.3 Å². The molecule has 17 nitrogen and oxygen atoms in total. The van der Waals surface area contributed by atoms with Crippen molar-refractivity contribution < 1.29 is 80.2 Å². The lowest BCUT2D eigenvalue weighted by atomic mass is 10.0. The molecule has 0 radical (unpaired) electrons. The number of ether oxygens (including phenoxy) is 4. The molecule has 19 heteroatoms. The lowest BCUT2D eigenvalue weighted by Gasteiger charge is -2.21. The maximum atomic E-state index is 13.1. The monoisotopic (exact) mass is 1400 g/mol. The minimum Gasteiger partial charge on any atom is -0.462 e. The van der Waals surface area contributed by atoms with E-state index in [0.29, 0.717) is 37.5 Å². The van der Waals surface area contributed by atoms with Gasteiger partial charge in [-0.05, 0) is 37.5 Å². The van der Waals surface area contributed by atoms with Crippen molar-refractivity contribution in [2.45, 2.75) is 413 Å². The highest BCUT2D eigenvalue weighted by atomic mass is 31.2. The fourth-order valence-corrected chi connectivity index (χ4v) is 13.2. The molecular weight excluding hydrogens is 1250 g/mol. The van der Waals surface area contributed by atoms with E-state index < -0.39 is 97.5 Å². The first-order chi connectivity index (χ1) is 45.9. The van der Waals surface area contributed by atoms with Crippen molar-refractivity contribution in [3.63, 3.8) is 0 Å². The molecule has 2 unspecified atom stereocenters. The molecule has 0 spiro atoms. The van der Waals surface area contributed by atoms with Crippen LogP contribution in [0.5, 0.6) is 0 Å². The zero-order chi connectivity index (χ0) is 70.0. The van der Waals surface area contributed by atoms with Gasteiger partial charge in [-0.1, -0.05) is 343 Å². The Kier molecular flexibility index (Phi) is 66.5. The zero-order valence-corrected chi connectivity index (χ0v) is 63.8. The van der Waals surface area contributed by atoms with E-state index >= 15 is 0 Å². The molecule has 95 heavy (non-hydrogen) atoms. The van der Waals surface area contributed by atoms with Gasteiger partial charge in [0.2, 0.25) is 0 Å². The number of phosphoric acid groups is 2. The molecule has 0 rings (SSSR count). The second kappa shape index (κ2) is 67.9. The van der Waals surface area contributed by atoms with Crippen LogP contribution >= 0.6 is 15.6 Å². The van der Waals surface area contributed by atoms with Crippen LogP contribution in [0, 0.1) is 11.8 Å². The highest BCUT2D eigenvalue weighted by Gasteiger charge is 2.30. The Morgan fingerprint density at radius 3 is 0.716 bits per heavy atom. The quantitative estimate of drug-likeness (QED) is 0.0222. The standard InChI is InChI=1S/C76H148O17P2/c1-7-9-11-13-15-17-19-21-23-24-25-26-27-29-31-33-35-41-48-54-60-75(80)92-71(64-86-73(78)58-52-46-40-34-32-30-28-22-20-18-16-14-12-10-8-2)66-90-94(82,83)88-62-70(77)63-89-95(84,85)91-67-72(93-76(81)61-55-49-43-37-39-45-51-57-69(5)6)65-87-74(79)59-53-47-42-36-38-44-50-56-68(3)4/h68-72,77H,7-67H2,1-6H3,(H,82,83)(H,84,85)/t70-,71-,72-/m1/s1. The molecule has 0 aliphatic rings. The van der Waals surface area contributed by atoms with Gasteiger partial charge in [-0.3, -0.25) is 37.3 Å². The molecule has 0 bridgehead atoms. The summed E-state index contributed by atoms with van der Waals surface area (Å²) in [6.45, 7) is 9.47. The first-order valence-electron chi connectivity index (χ1n) is 39.5. The Morgan fingerprint density at radius 1 is 0.284 bits per heavy atom. The topological polar surface area (TPSA) is 237 Å². The van der Waals surface area contributed by atoms with E-state index in [1.165, 1.54) is 205 Å². The van der Waals surface area contributed by atoms with Crippen LogP contribution in [0.15, 0.2) is 0 Å². The number of esters is 4. The third kappa shape index (κ3) is 70.3. The van der Waals surface area contributed by atoms with Gasteiger partial charge in [0.05, 0.1) is 26.4 Å². The largest absolute Gasteiger partial charge is 0.472 e. The van der Waals surface area contributed by atoms with Crippen molar-refractivity contribution >= 4 is 39.5 Å². The lowest BCUT2D eigenvalue weighted by molar-refractivity contribution is -0.161. The van der Waals surface area contributed by atoms with Gasteiger partial charge in [0, 0.05) is 25.7 Å². The molecule has 564 valence electrons. The van der Waals surface area contributed by atoms with Gasteiger partial charge in [-0.25, -0.2) is 9.13 Å². The fourth-order valence-electron chi connectivity index (χ4n) is 11.7. The van der Waals surface area contributed by atoms with E-state index in [1.807, 2.05) is 0 Å². The summed E-state index contributed by atoms with van der Waals surface area (Å²) in [4.78, 5) is 72.7. The number of carbonyl (C=O) groups is 4. The number of aliphatic hydroxyl groups excluding tert-OH is 1. The van der Waals surface area contributed by atoms with E-state index in [4.69, 9.17) is 37.0 Å². The summed E-state index contributed by atoms with van der Waals surface area (Å²) in [6.07, 6.45) is 55.8. The predicted octanol–water partition coefficient (Wildman–Crippen LogP) is 22.3. The first kappa shape index (κ1) is 93.1. The van der Waals surface area contributed by atoms with Crippen LogP contribution in [0.2, 0.25) is 0 Å². The highest BCUT2D eigenvalue weighted by molar-refractivity contribution is 7.47. The molecular formula is C76H148O17P2. The second-order valence-corrected chi connectivity index (χ2v) is 31.3. The molecule has 0 saturated carbocycles. The number of carbonyl (C=O) groups excluding carboxylic acids is 4. The maximum absolute atomic E-state index is 13.1. The van der Waals surface area contributed by atoms with Crippen molar-refractivity contribution in [2.75, 3.05) is 39.6 Å². The summed E-state index contributed by atoms with van der Waals surface area (Å²) in [5.74, 6) is -0.719. The molecule has 0 aromatic rings. The Morgan fingerprint density at radius 2 is 0.484 bits per heavy atom. The van der Waals surface area contributed by atoms with Crippen LogP contribution in [0.25, 0.3) is 0 Å². The summed E-state index contributed by atoms with van der Waals surface area (Å²) < 4.78 is 68.5. The second-order valence-electron chi connectivity index (χ2n) is 28.3. The predicted molar refractivity (Wildman–Crippen MR) is 386 cm³/mol. The number of rotatable bonds is 75. The average molecular weight is 1400 g/mol. The smallest absolute Gasteiger partial charge is 0.462 e. The van der Waals surface area contributed by atoms with Crippen LogP contribution in [-0.2, 0) is 65.4 Å². The Hall–Kier alpha value is -1.94. The minimum absolute atomic E-state index is 0.103. The van der Waals surface area contributed by atoms with Gasteiger partial charge >= 0.3 is 39.5 Å². The third-order valence-corrected chi connectivity index (χ3v) is 19.6. The highest BCUT2D eigenvalue weighted by Crippen LogP contribution is 2.45. The van der Waals surface area contributed by atoms with Crippen molar-refractivity contribution in [2.24, 2.45) is 11.8 Å². The molecule has 0 aliphatic carbocycles. The Balaban J connectivity index is 5.20. The van der Waals surface area contributed by atoms with Crippen molar-refractivity contribution in [1.29, 1.82) is 0 Å². The molecule has 5 atom stereocenters. The molecule has 3 N–H and O–H groups in total. The first-order valence-corrected chi connectivity index (χ1v) is 42.5. The van der Waals surface area contributed by atoms with E-state index in [1.54, 1.807) is 0 Å². The van der Waals surface area contributed by atoms with Gasteiger partial charge in [0.25, 0.3) is 0 Å². The Bertz CT molecular complexity index is 1840. The van der Waals surface area contributed by atoms with Crippen molar-refractivity contribution in [1.82, 2.24) is 0 Å². The van der Waals surface area contributed by atoms with Crippen molar-refractivity contribution in [3.05, 3.63) is 0 Å². The van der Waals surface area contributed by atoms with Crippen LogP contribution in [0.4, 0.5) is 0 Å². The number of hydrogen-bond donors (Lipinski definition) is 3. The molecule has 0 saturated heterocycles. The van der Waals surface area contributed by atoms with E-state index in [9.17, 15) is 43.2 Å². The SMILES string of the molecule is CCCCCCCCCCCCCCCCCCCCCCC(=O)O[C@H](COC(=O)CCCCCCCCCCCCCCCCC)COP(=O)(O)OC[C@@H](O)COP(=O)(O)OC[C@@H](COC(=O)CCCCCCCCCC(C)C)OC(=O)CCCCCCCCCC(C)C. The molecule has 0 aromatic carbocycles. The number of aliphatic hydroxyl groups is 1. The maximum Gasteiger partial charge on any atom is 0.472 e. The van der Waals surface area contributed by atoms with Crippen LogP contribution < -0.4 is 0 Å². The Labute approximate surface area is 581 Å². The number of unbranched alkanes of at least 4 members (excludes halogenated alkanes) is 45. The van der Waals surface area contributed by atoms with E-state index in [0.717, 1.165) is 96.3 Å². The fraction of sp³-hybridized carbons (Fsp3) is 0.947. The molecule has 0 fully saturated rings. The van der Waals surface area contributed by atoms with Gasteiger partial charge in [-0.2, -0.15) is 0 Å². The summed E-state index contributed by atoms with van der Waals surface area (Å²) in [6, 6.07) is 0. The summed E-state index contributed by atoms with van der Waals surface area (Å²) >= 11 is 0. The van der Waals surface area contributed by atoms with E-state index in [2.05, 4.69) is 41.5 Å². The van der Waals surface area contributed by atoms with Crippen LogP contribution in [-0.4, -0.2) is 96.7 Å².